The van der Waals surface area contributed by atoms with Crippen molar-refractivity contribution in [1.82, 2.24) is 10.6 Å². The first-order valence-electron chi connectivity index (χ1n) is 8.84. The fourth-order valence-electron chi connectivity index (χ4n) is 3.46. The van der Waals surface area contributed by atoms with Crippen LogP contribution >= 0.6 is 0 Å². The number of carbonyl (C=O) groups excluding carboxylic acids is 2. The van der Waals surface area contributed by atoms with Gasteiger partial charge in [-0.3, -0.25) is 18.4 Å². The summed E-state index contributed by atoms with van der Waals surface area (Å²) in [5.41, 5.74) is 0.892. The maximum absolute atomic E-state index is 12.3. The molecule has 1 saturated heterocycles. The number of amides is 2. The van der Waals surface area contributed by atoms with Gasteiger partial charge in [0.05, 0.1) is 17.8 Å². The molecule has 2 heterocycles. The van der Waals surface area contributed by atoms with Crippen LogP contribution in [0.15, 0.2) is 24.3 Å². The molecule has 0 spiro atoms. The van der Waals surface area contributed by atoms with E-state index in [4.69, 9.17) is 0 Å². The van der Waals surface area contributed by atoms with E-state index in [9.17, 15) is 18.4 Å². The van der Waals surface area contributed by atoms with Gasteiger partial charge in [-0.05, 0) is 50.4 Å². The SMILES string of the molecule is O=C(CC1C(=O)Nc2ccccc2N1S(=O)O)NCCC1CCNCC1. The normalized spacial score (nSPS) is 21.7. The molecule has 2 aliphatic rings. The summed E-state index contributed by atoms with van der Waals surface area (Å²) in [6, 6.07) is 5.72. The minimum atomic E-state index is -2.40. The van der Waals surface area contributed by atoms with Gasteiger partial charge in [-0.2, -0.15) is 0 Å². The molecule has 1 aromatic carbocycles. The smallest absolute Gasteiger partial charge is 0.262 e. The minimum Gasteiger partial charge on any atom is -0.356 e. The van der Waals surface area contributed by atoms with Crippen LogP contribution in [0.3, 0.4) is 0 Å². The fourth-order valence-corrected chi connectivity index (χ4v) is 4.18. The third-order valence-electron chi connectivity index (χ3n) is 4.87. The van der Waals surface area contributed by atoms with Crippen molar-refractivity contribution in [2.45, 2.75) is 31.7 Å². The summed E-state index contributed by atoms with van der Waals surface area (Å²) in [6.45, 7) is 2.58. The number of hydrogen-bond acceptors (Lipinski definition) is 4. The number of fused-ring (bicyclic) bond motifs is 1. The number of para-hydroxylation sites is 2. The van der Waals surface area contributed by atoms with Gasteiger partial charge in [-0.1, -0.05) is 12.1 Å². The van der Waals surface area contributed by atoms with E-state index in [0.717, 1.165) is 36.7 Å². The Morgan fingerprint density at radius 2 is 2.04 bits per heavy atom. The Kier molecular flexibility index (Phi) is 6.23. The molecule has 4 N–H and O–H groups in total. The number of hydrogen-bond donors (Lipinski definition) is 4. The van der Waals surface area contributed by atoms with Crippen LogP contribution in [-0.2, 0) is 20.9 Å². The van der Waals surface area contributed by atoms with Crippen LogP contribution in [-0.4, -0.2) is 46.3 Å². The Bertz CT molecular complexity index is 693. The molecule has 26 heavy (non-hydrogen) atoms. The standard InChI is InChI=1S/C17H24N4O4S/c22-16(19-10-7-12-5-8-18-9-6-12)11-15-17(23)20-13-3-1-2-4-14(13)21(15)26(24)25/h1-4,12,15,18H,5-11H2,(H,19,22)(H,20,23)(H,24,25). The Morgan fingerprint density at radius 3 is 2.77 bits per heavy atom. The zero-order valence-electron chi connectivity index (χ0n) is 14.4. The van der Waals surface area contributed by atoms with E-state index >= 15 is 0 Å². The molecule has 8 nitrogen and oxygen atoms in total. The lowest BCUT2D eigenvalue weighted by atomic mass is 9.95. The highest BCUT2D eigenvalue weighted by Gasteiger charge is 2.37. The van der Waals surface area contributed by atoms with Gasteiger partial charge in [0.15, 0.2) is 0 Å². The second kappa shape index (κ2) is 8.61. The van der Waals surface area contributed by atoms with Crippen LogP contribution in [0, 0.1) is 5.92 Å². The molecule has 2 atom stereocenters. The van der Waals surface area contributed by atoms with Crippen molar-refractivity contribution < 1.29 is 18.4 Å². The van der Waals surface area contributed by atoms with Gasteiger partial charge in [0.1, 0.15) is 6.04 Å². The Balaban J connectivity index is 1.59. The summed E-state index contributed by atoms with van der Waals surface area (Å²) in [5, 5.41) is 8.84. The minimum absolute atomic E-state index is 0.168. The summed E-state index contributed by atoms with van der Waals surface area (Å²) in [6.07, 6.45) is 2.95. The molecule has 3 rings (SSSR count). The lowest BCUT2D eigenvalue weighted by Crippen LogP contribution is -2.51. The van der Waals surface area contributed by atoms with Gasteiger partial charge in [0.25, 0.3) is 11.3 Å². The predicted octanol–water partition coefficient (Wildman–Crippen LogP) is 0.846. The number of nitrogens with one attached hydrogen (secondary N) is 3. The van der Waals surface area contributed by atoms with Crippen LogP contribution in [0.1, 0.15) is 25.7 Å². The second-order valence-corrected chi connectivity index (χ2v) is 7.47. The molecule has 1 aromatic rings. The van der Waals surface area contributed by atoms with Crippen LogP contribution in [0.4, 0.5) is 11.4 Å². The molecule has 2 unspecified atom stereocenters. The summed E-state index contributed by atoms with van der Waals surface area (Å²) in [7, 11) is 0. The highest BCUT2D eigenvalue weighted by molar-refractivity contribution is 7.80. The predicted molar refractivity (Wildman–Crippen MR) is 99.9 cm³/mol. The van der Waals surface area contributed by atoms with Crippen molar-refractivity contribution >= 4 is 34.5 Å². The van der Waals surface area contributed by atoms with E-state index < -0.39 is 23.2 Å². The molecule has 2 amide bonds. The van der Waals surface area contributed by atoms with E-state index in [1.807, 2.05) is 0 Å². The van der Waals surface area contributed by atoms with Gasteiger partial charge in [0.2, 0.25) is 11.8 Å². The molecule has 0 radical (unpaired) electrons. The molecule has 0 aliphatic carbocycles. The number of nitrogens with zero attached hydrogens (tertiary/aromatic N) is 1. The van der Waals surface area contributed by atoms with Gasteiger partial charge >= 0.3 is 0 Å². The maximum Gasteiger partial charge on any atom is 0.262 e. The van der Waals surface area contributed by atoms with Crippen LogP contribution in [0.5, 0.6) is 0 Å². The molecule has 1 fully saturated rings. The molecule has 0 aromatic heterocycles. The summed E-state index contributed by atoms with van der Waals surface area (Å²) >= 11 is -2.40. The first kappa shape index (κ1) is 18.8. The first-order valence-corrected chi connectivity index (χ1v) is 9.90. The van der Waals surface area contributed by atoms with Crippen LogP contribution in [0.2, 0.25) is 0 Å². The quantitative estimate of drug-likeness (QED) is 0.547. The average Bonchev–Trinajstić information content (AvgIpc) is 2.63. The van der Waals surface area contributed by atoms with E-state index in [1.165, 1.54) is 0 Å². The maximum atomic E-state index is 12.3. The lowest BCUT2D eigenvalue weighted by Gasteiger charge is -2.34. The first-order chi connectivity index (χ1) is 12.6. The summed E-state index contributed by atoms with van der Waals surface area (Å²) in [4.78, 5) is 24.6. The molecular weight excluding hydrogens is 356 g/mol. The monoisotopic (exact) mass is 380 g/mol. The van der Waals surface area contributed by atoms with Gasteiger partial charge in [0, 0.05) is 6.54 Å². The Hall–Kier alpha value is -1.97. The number of carbonyl (C=O) groups is 2. The molecule has 0 saturated carbocycles. The number of rotatable bonds is 6. The van der Waals surface area contributed by atoms with Crippen molar-refractivity contribution in [2.75, 3.05) is 29.3 Å². The number of benzene rings is 1. The third kappa shape index (κ3) is 4.40. The van der Waals surface area contributed by atoms with E-state index in [1.54, 1.807) is 24.3 Å². The fraction of sp³-hybridized carbons (Fsp3) is 0.529. The average molecular weight is 380 g/mol. The number of anilines is 2. The van der Waals surface area contributed by atoms with Gasteiger partial charge < -0.3 is 16.0 Å². The zero-order valence-corrected chi connectivity index (χ0v) is 15.3. The van der Waals surface area contributed by atoms with Crippen molar-refractivity contribution in [1.29, 1.82) is 0 Å². The van der Waals surface area contributed by atoms with E-state index in [-0.39, 0.29) is 12.3 Å². The molecule has 2 aliphatic heterocycles. The topological polar surface area (TPSA) is 111 Å². The largest absolute Gasteiger partial charge is 0.356 e. The van der Waals surface area contributed by atoms with E-state index in [0.29, 0.717) is 23.8 Å². The summed E-state index contributed by atoms with van der Waals surface area (Å²) in [5.74, 6) is -0.156. The molecule has 142 valence electrons. The molecule has 9 heteroatoms. The highest BCUT2D eigenvalue weighted by Crippen LogP contribution is 2.33. The Labute approximate surface area is 155 Å². The summed E-state index contributed by atoms with van der Waals surface area (Å²) < 4.78 is 22.5. The highest BCUT2D eigenvalue weighted by atomic mass is 32.2. The lowest BCUT2D eigenvalue weighted by molar-refractivity contribution is -0.125. The van der Waals surface area contributed by atoms with Gasteiger partial charge in [-0.15, -0.1) is 0 Å². The van der Waals surface area contributed by atoms with Crippen LogP contribution in [0.25, 0.3) is 0 Å². The molecule has 0 bridgehead atoms. The Morgan fingerprint density at radius 1 is 1.31 bits per heavy atom. The van der Waals surface area contributed by atoms with Gasteiger partial charge in [-0.25, -0.2) is 4.21 Å². The zero-order chi connectivity index (χ0) is 18.5. The molecular formula is C17H24N4O4S. The third-order valence-corrected chi connectivity index (χ3v) is 5.65. The van der Waals surface area contributed by atoms with Crippen molar-refractivity contribution in [3.05, 3.63) is 24.3 Å². The van der Waals surface area contributed by atoms with Crippen LogP contribution < -0.4 is 20.3 Å². The van der Waals surface area contributed by atoms with Crippen molar-refractivity contribution in [3.8, 4) is 0 Å². The van der Waals surface area contributed by atoms with Crippen molar-refractivity contribution in [2.24, 2.45) is 5.92 Å². The van der Waals surface area contributed by atoms with E-state index in [2.05, 4.69) is 16.0 Å². The van der Waals surface area contributed by atoms with Crippen molar-refractivity contribution in [3.63, 3.8) is 0 Å². The second-order valence-electron chi connectivity index (χ2n) is 6.61. The number of piperidine rings is 1.